The Morgan fingerprint density at radius 2 is 1.90 bits per heavy atom. The second-order valence-corrected chi connectivity index (χ2v) is 6.78. The Kier molecular flexibility index (Phi) is 9.24. The summed E-state index contributed by atoms with van der Waals surface area (Å²) >= 11 is 0. The molecule has 0 aliphatic rings. The van der Waals surface area contributed by atoms with Gasteiger partial charge in [-0.2, -0.15) is 0 Å². The van der Waals surface area contributed by atoms with Gasteiger partial charge in [0.05, 0.1) is 16.7 Å². The molecule has 0 bridgehead atoms. The van der Waals surface area contributed by atoms with E-state index in [2.05, 4.69) is 5.32 Å². The van der Waals surface area contributed by atoms with Crippen molar-refractivity contribution in [3.63, 3.8) is 0 Å². The van der Waals surface area contributed by atoms with Crippen LogP contribution in [0.3, 0.4) is 0 Å². The van der Waals surface area contributed by atoms with E-state index in [1.54, 1.807) is 30.3 Å². The van der Waals surface area contributed by atoms with Gasteiger partial charge in [0.1, 0.15) is 0 Å². The molecule has 0 saturated heterocycles. The van der Waals surface area contributed by atoms with E-state index >= 15 is 0 Å². The summed E-state index contributed by atoms with van der Waals surface area (Å²) in [5.74, 6) is -0.204. The van der Waals surface area contributed by atoms with Crippen molar-refractivity contribution in [3.8, 4) is 0 Å². The van der Waals surface area contributed by atoms with Gasteiger partial charge in [-0.3, -0.25) is 4.79 Å². The SMILES string of the molecule is CCCC(N)C(=O)NCCCS(=O)(=O)c1ccccc1.Cl. The largest absolute Gasteiger partial charge is 0.355 e. The third-order valence-corrected chi connectivity index (χ3v) is 4.74. The van der Waals surface area contributed by atoms with E-state index in [1.807, 2.05) is 6.92 Å². The first kappa shape index (κ1) is 19.9. The molecule has 1 aromatic carbocycles. The zero-order chi connectivity index (χ0) is 15.0. The minimum atomic E-state index is -3.27. The number of carbonyl (C=O) groups is 1. The standard InChI is InChI=1S/C14H22N2O3S.ClH/c1-2-7-13(15)14(17)16-10-6-11-20(18,19)12-8-4-3-5-9-12;/h3-5,8-9,13H,2,6-7,10-11,15H2,1H3,(H,16,17);1H. The zero-order valence-corrected chi connectivity index (χ0v) is 13.8. The normalized spacial score (nSPS) is 12.3. The molecular weight excluding hydrogens is 312 g/mol. The number of hydrogen-bond acceptors (Lipinski definition) is 4. The minimum absolute atomic E-state index is 0. The van der Waals surface area contributed by atoms with Crippen LogP contribution in [0.2, 0.25) is 0 Å². The highest BCUT2D eigenvalue weighted by Crippen LogP contribution is 2.10. The first-order chi connectivity index (χ1) is 9.47. The molecule has 3 N–H and O–H groups in total. The summed E-state index contributed by atoms with van der Waals surface area (Å²) in [6, 6.07) is 7.80. The number of hydrogen-bond donors (Lipinski definition) is 2. The van der Waals surface area contributed by atoms with Gasteiger partial charge in [-0.15, -0.1) is 12.4 Å². The average molecular weight is 335 g/mol. The molecule has 120 valence electrons. The van der Waals surface area contributed by atoms with Crippen LogP contribution in [0, 0.1) is 0 Å². The van der Waals surface area contributed by atoms with Gasteiger partial charge in [-0.25, -0.2) is 8.42 Å². The molecule has 0 fully saturated rings. The van der Waals surface area contributed by atoms with Gasteiger partial charge in [0.15, 0.2) is 9.84 Å². The third kappa shape index (κ3) is 6.93. The van der Waals surface area contributed by atoms with Gasteiger partial charge in [-0.05, 0) is 25.0 Å². The van der Waals surface area contributed by atoms with Crippen molar-refractivity contribution in [2.45, 2.75) is 37.1 Å². The van der Waals surface area contributed by atoms with E-state index in [1.165, 1.54) is 0 Å². The quantitative estimate of drug-likeness (QED) is 0.705. The summed E-state index contributed by atoms with van der Waals surface area (Å²) in [5.41, 5.74) is 5.66. The fourth-order valence-corrected chi connectivity index (χ4v) is 3.12. The van der Waals surface area contributed by atoms with Gasteiger partial charge in [0.25, 0.3) is 0 Å². The van der Waals surface area contributed by atoms with E-state index in [-0.39, 0.29) is 24.1 Å². The van der Waals surface area contributed by atoms with E-state index < -0.39 is 15.9 Å². The molecular formula is C14H23ClN2O3S. The summed E-state index contributed by atoms with van der Waals surface area (Å²) in [7, 11) is -3.27. The molecule has 0 aliphatic heterocycles. The monoisotopic (exact) mass is 334 g/mol. The number of halogens is 1. The number of nitrogens with one attached hydrogen (secondary N) is 1. The summed E-state index contributed by atoms with van der Waals surface area (Å²) < 4.78 is 24.0. The van der Waals surface area contributed by atoms with E-state index in [4.69, 9.17) is 5.73 Å². The Morgan fingerprint density at radius 3 is 2.48 bits per heavy atom. The second kappa shape index (κ2) is 9.76. The van der Waals surface area contributed by atoms with E-state index in [0.29, 0.717) is 24.3 Å². The molecule has 0 heterocycles. The number of benzene rings is 1. The van der Waals surface area contributed by atoms with Gasteiger partial charge < -0.3 is 11.1 Å². The second-order valence-electron chi connectivity index (χ2n) is 4.67. The fourth-order valence-electron chi connectivity index (χ4n) is 1.79. The maximum absolute atomic E-state index is 12.0. The van der Waals surface area contributed by atoms with Crippen LogP contribution in [0.1, 0.15) is 26.2 Å². The van der Waals surface area contributed by atoms with Crippen molar-refractivity contribution in [1.29, 1.82) is 0 Å². The molecule has 1 aromatic rings. The Bertz CT molecular complexity index is 520. The van der Waals surface area contributed by atoms with Crippen LogP contribution in [0.15, 0.2) is 35.2 Å². The summed E-state index contributed by atoms with van der Waals surface area (Å²) in [4.78, 5) is 11.9. The Balaban J connectivity index is 0.00000400. The van der Waals surface area contributed by atoms with Gasteiger partial charge in [0.2, 0.25) is 5.91 Å². The van der Waals surface area contributed by atoms with E-state index in [0.717, 1.165) is 6.42 Å². The molecule has 1 unspecified atom stereocenters. The van der Waals surface area contributed by atoms with Crippen molar-refractivity contribution in [2.24, 2.45) is 5.73 Å². The summed E-state index contributed by atoms with van der Waals surface area (Å²) in [5, 5.41) is 2.66. The number of nitrogens with two attached hydrogens (primary N) is 1. The molecule has 0 radical (unpaired) electrons. The lowest BCUT2D eigenvalue weighted by Gasteiger charge is -2.11. The third-order valence-electron chi connectivity index (χ3n) is 2.93. The highest BCUT2D eigenvalue weighted by atomic mass is 35.5. The molecule has 7 heteroatoms. The Hall–Kier alpha value is -1.11. The van der Waals surface area contributed by atoms with Crippen molar-refractivity contribution in [1.82, 2.24) is 5.32 Å². The highest BCUT2D eigenvalue weighted by molar-refractivity contribution is 7.91. The predicted molar refractivity (Wildman–Crippen MR) is 86.3 cm³/mol. The van der Waals surface area contributed by atoms with Crippen LogP contribution < -0.4 is 11.1 Å². The molecule has 1 atom stereocenters. The molecule has 0 aliphatic carbocycles. The van der Waals surface area contributed by atoms with E-state index in [9.17, 15) is 13.2 Å². The number of amides is 1. The average Bonchev–Trinajstić information content (AvgIpc) is 2.44. The van der Waals surface area contributed by atoms with Crippen LogP contribution in [0.4, 0.5) is 0 Å². The number of sulfone groups is 1. The minimum Gasteiger partial charge on any atom is -0.355 e. The highest BCUT2D eigenvalue weighted by Gasteiger charge is 2.14. The van der Waals surface area contributed by atoms with Crippen LogP contribution in [0.25, 0.3) is 0 Å². The maximum Gasteiger partial charge on any atom is 0.236 e. The smallest absolute Gasteiger partial charge is 0.236 e. The summed E-state index contributed by atoms with van der Waals surface area (Å²) in [6.45, 7) is 2.28. The first-order valence-corrected chi connectivity index (χ1v) is 8.43. The fraction of sp³-hybridized carbons (Fsp3) is 0.500. The lowest BCUT2D eigenvalue weighted by Crippen LogP contribution is -2.41. The number of rotatable bonds is 8. The summed E-state index contributed by atoms with van der Waals surface area (Å²) in [6.07, 6.45) is 1.85. The van der Waals surface area contributed by atoms with Crippen LogP contribution in [-0.2, 0) is 14.6 Å². The van der Waals surface area contributed by atoms with Crippen LogP contribution >= 0.6 is 12.4 Å². The van der Waals surface area contributed by atoms with Gasteiger partial charge >= 0.3 is 0 Å². The molecule has 1 amide bonds. The lowest BCUT2D eigenvalue weighted by atomic mass is 10.2. The lowest BCUT2D eigenvalue weighted by molar-refractivity contribution is -0.122. The number of carbonyl (C=O) groups excluding carboxylic acids is 1. The maximum atomic E-state index is 12.0. The topological polar surface area (TPSA) is 89.3 Å². The molecule has 0 spiro atoms. The van der Waals surface area contributed by atoms with Gasteiger partial charge in [-0.1, -0.05) is 31.5 Å². The Morgan fingerprint density at radius 1 is 1.29 bits per heavy atom. The molecule has 0 aromatic heterocycles. The van der Waals surface area contributed by atoms with Crippen molar-refractivity contribution in [3.05, 3.63) is 30.3 Å². The Labute approximate surface area is 132 Å². The molecule has 1 rings (SSSR count). The zero-order valence-electron chi connectivity index (χ0n) is 12.1. The van der Waals surface area contributed by atoms with Crippen LogP contribution in [0.5, 0.6) is 0 Å². The molecule has 21 heavy (non-hydrogen) atoms. The van der Waals surface area contributed by atoms with Crippen molar-refractivity contribution in [2.75, 3.05) is 12.3 Å². The molecule has 0 saturated carbocycles. The van der Waals surface area contributed by atoms with Crippen molar-refractivity contribution < 1.29 is 13.2 Å². The van der Waals surface area contributed by atoms with Gasteiger partial charge in [0, 0.05) is 6.54 Å². The van der Waals surface area contributed by atoms with Crippen molar-refractivity contribution >= 4 is 28.2 Å². The molecule has 5 nitrogen and oxygen atoms in total. The van der Waals surface area contributed by atoms with Crippen LogP contribution in [-0.4, -0.2) is 32.7 Å². The first-order valence-electron chi connectivity index (χ1n) is 6.78. The predicted octanol–water partition coefficient (Wildman–Crippen LogP) is 1.52.